The van der Waals surface area contributed by atoms with Crippen molar-refractivity contribution in [2.45, 2.75) is 12.3 Å². The number of aliphatic hydroxyl groups excluding tert-OH is 1. The maximum absolute atomic E-state index is 11.9. The van der Waals surface area contributed by atoms with E-state index in [1.807, 2.05) is 0 Å². The van der Waals surface area contributed by atoms with Crippen molar-refractivity contribution in [3.63, 3.8) is 0 Å². The smallest absolute Gasteiger partial charge is 0.421 e. The van der Waals surface area contributed by atoms with Crippen LogP contribution in [0.3, 0.4) is 0 Å². The largest absolute Gasteiger partial charge is 0.479 e. The molecule has 0 bridgehead atoms. The van der Waals surface area contributed by atoms with Gasteiger partial charge in [0.15, 0.2) is 5.76 Å². The second kappa shape index (κ2) is 3.25. The summed E-state index contributed by atoms with van der Waals surface area (Å²) in [5.41, 5.74) is 0. The first-order valence-corrected chi connectivity index (χ1v) is 3.20. The third-order valence-corrected chi connectivity index (χ3v) is 1.30. The second-order valence-electron chi connectivity index (χ2n) is 2.22. The molecule has 0 aliphatic carbocycles. The van der Waals surface area contributed by atoms with E-state index < -0.39 is 18.0 Å². The first-order chi connectivity index (χ1) is 5.95. The number of nitrogens with zero attached hydrogens (tertiary/aromatic N) is 1. The van der Waals surface area contributed by atoms with Gasteiger partial charge in [0.25, 0.3) is 5.88 Å². The number of halogens is 3. The minimum absolute atomic E-state index is 0.113. The van der Waals surface area contributed by atoms with Gasteiger partial charge in [0, 0.05) is 6.07 Å². The monoisotopic (exact) mass is 197 g/mol. The highest BCUT2D eigenvalue weighted by molar-refractivity contribution is 5.13. The Morgan fingerprint density at radius 1 is 1.62 bits per heavy atom. The highest BCUT2D eigenvalue weighted by Crippen LogP contribution is 2.33. The van der Waals surface area contributed by atoms with Crippen molar-refractivity contribution in [2.75, 3.05) is 7.11 Å². The lowest BCUT2D eigenvalue weighted by atomic mass is 10.3. The van der Waals surface area contributed by atoms with Gasteiger partial charge in [0.2, 0.25) is 6.10 Å². The van der Waals surface area contributed by atoms with Crippen molar-refractivity contribution >= 4 is 0 Å². The minimum Gasteiger partial charge on any atom is -0.479 e. The normalized spacial score (nSPS) is 14.2. The fourth-order valence-electron chi connectivity index (χ4n) is 0.658. The highest BCUT2D eigenvalue weighted by atomic mass is 19.4. The molecule has 0 amide bonds. The molecule has 1 aromatic rings. The topological polar surface area (TPSA) is 55.5 Å². The van der Waals surface area contributed by atoms with Gasteiger partial charge in [-0.05, 0) is 5.16 Å². The van der Waals surface area contributed by atoms with Gasteiger partial charge in [-0.15, -0.1) is 0 Å². The molecule has 0 saturated heterocycles. The SMILES string of the molecule is COc1cc([C@H](O)C(F)(F)F)on1. The van der Waals surface area contributed by atoms with Gasteiger partial charge >= 0.3 is 6.18 Å². The molecular formula is C6H6F3NO3. The molecule has 0 aromatic carbocycles. The number of aromatic nitrogens is 1. The van der Waals surface area contributed by atoms with Gasteiger partial charge in [0.1, 0.15) is 0 Å². The maximum atomic E-state index is 11.9. The van der Waals surface area contributed by atoms with Crippen LogP contribution in [-0.2, 0) is 0 Å². The standard InChI is InChI=1S/C6H6F3NO3/c1-12-4-2-3(13-10-4)5(11)6(7,8)9/h2,5,11H,1H3/t5-/m0/s1. The van der Waals surface area contributed by atoms with E-state index in [1.165, 1.54) is 7.11 Å². The van der Waals surface area contributed by atoms with Crippen molar-refractivity contribution in [1.82, 2.24) is 5.16 Å². The fraction of sp³-hybridized carbons (Fsp3) is 0.500. The van der Waals surface area contributed by atoms with Crippen LogP contribution in [-0.4, -0.2) is 23.5 Å². The molecule has 0 fully saturated rings. The van der Waals surface area contributed by atoms with Crippen molar-refractivity contribution in [1.29, 1.82) is 0 Å². The van der Waals surface area contributed by atoms with Crippen LogP contribution < -0.4 is 4.74 Å². The first kappa shape index (κ1) is 9.85. The molecule has 1 N–H and O–H groups in total. The maximum Gasteiger partial charge on any atom is 0.421 e. The fourth-order valence-corrected chi connectivity index (χ4v) is 0.658. The predicted molar refractivity (Wildman–Crippen MR) is 34.1 cm³/mol. The van der Waals surface area contributed by atoms with E-state index in [2.05, 4.69) is 14.4 Å². The van der Waals surface area contributed by atoms with Crippen molar-refractivity contribution in [3.05, 3.63) is 11.8 Å². The number of hydrogen-bond donors (Lipinski definition) is 1. The Balaban J connectivity index is 2.83. The molecule has 1 atom stereocenters. The molecule has 0 radical (unpaired) electrons. The minimum atomic E-state index is -4.76. The summed E-state index contributed by atoms with van der Waals surface area (Å²) in [7, 11) is 1.22. The van der Waals surface area contributed by atoms with Gasteiger partial charge in [-0.25, -0.2) is 0 Å². The quantitative estimate of drug-likeness (QED) is 0.775. The Kier molecular flexibility index (Phi) is 2.46. The van der Waals surface area contributed by atoms with E-state index in [4.69, 9.17) is 5.11 Å². The van der Waals surface area contributed by atoms with Gasteiger partial charge < -0.3 is 14.4 Å². The summed E-state index contributed by atoms with van der Waals surface area (Å²) < 4.78 is 44.3. The predicted octanol–water partition coefficient (Wildman–Crippen LogP) is 1.28. The van der Waals surface area contributed by atoms with Crippen molar-refractivity contribution < 1.29 is 27.5 Å². The zero-order chi connectivity index (χ0) is 10.1. The lowest BCUT2D eigenvalue weighted by molar-refractivity contribution is -0.212. The molecule has 74 valence electrons. The van der Waals surface area contributed by atoms with E-state index in [0.717, 1.165) is 6.07 Å². The van der Waals surface area contributed by atoms with E-state index in [-0.39, 0.29) is 5.88 Å². The first-order valence-electron chi connectivity index (χ1n) is 3.20. The Labute approximate surface area is 70.9 Å². The number of aliphatic hydroxyl groups is 1. The number of methoxy groups -OCH3 is 1. The molecule has 0 aliphatic heterocycles. The summed E-state index contributed by atoms with van der Waals surface area (Å²) in [6, 6.07) is 0.873. The third-order valence-electron chi connectivity index (χ3n) is 1.30. The van der Waals surface area contributed by atoms with E-state index in [1.54, 1.807) is 0 Å². The van der Waals surface area contributed by atoms with Crippen molar-refractivity contribution in [2.24, 2.45) is 0 Å². The third kappa shape index (κ3) is 2.11. The Bertz CT molecular complexity index is 283. The zero-order valence-electron chi connectivity index (χ0n) is 6.50. The van der Waals surface area contributed by atoms with Crippen LogP contribution in [0.1, 0.15) is 11.9 Å². The number of ether oxygens (including phenoxy) is 1. The molecule has 0 aliphatic rings. The molecule has 1 aromatic heterocycles. The molecule has 0 spiro atoms. The van der Waals surface area contributed by atoms with E-state index in [0.29, 0.717) is 0 Å². The Hall–Kier alpha value is -1.24. The van der Waals surface area contributed by atoms with Crippen LogP contribution in [0.15, 0.2) is 10.6 Å². The molecule has 13 heavy (non-hydrogen) atoms. The lowest BCUT2D eigenvalue weighted by Crippen LogP contribution is -2.19. The second-order valence-corrected chi connectivity index (χ2v) is 2.22. The van der Waals surface area contributed by atoms with Crippen molar-refractivity contribution in [3.8, 4) is 5.88 Å². The summed E-state index contributed by atoms with van der Waals surface area (Å²) in [5.74, 6) is -0.803. The van der Waals surface area contributed by atoms with Gasteiger partial charge in [-0.2, -0.15) is 13.2 Å². The summed E-state index contributed by atoms with van der Waals surface area (Å²) >= 11 is 0. The van der Waals surface area contributed by atoms with Gasteiger partial charge in [0.05, 0.1) is 7.11 Å². The van der Waals surface area contributed by atoms with Crippen LogP contribution in [0.2, 0.25) is 0 Å². The Morgan fingerprint density at radius 3 is 2.62 bits per heavy atom. The zero-order valence-corrected chi connectivity index (χ0v) is 6.50. The molecule has 4 nitrogen and oxygen atoms in total. The molecule has 0 unspecified atom stereocenters. The molecule has 7 heteroatoms. The van der Waals surface area contributed by atoms with Crippen LogP contribution in [0, 0.1) is 0 Å². The molecule has 1 heterocycles. The average Bonchev–Trinajstić information content (AvgIpc) is 2.48. The molecular weight excluding hydrogens is 191 g/mol. The molecule has 0 saturated carbocycles. The Morgan fingerprint density at radius 2 is 2.23 bits per heavy atom. The van der Waals surface area contributed by atoms with Crippen LogP contribution >= 0.6 is 0 Å². The number of alkyl halides is 3. The summed E-state index contributed by atoms with van der Waals surface area (Å²) in [6.45, 7) is 0. The van der Waals surface area contributed by atoms with Crippen LogP contribution in [0.25, 0.3) is 0 Å². The van der Waals surface area contributed by atoms with Crippen LogP contribution in [0.5, 0.6) is 5.88 Å². The summed E-state index contributed by atoms with van der Waals surface area (Å²) in [4.78, 5) is 0. The van der Waals surface area contributed by atoms with Gasteiger partial charge in [-0.1, -0.05) is 0 Å². The number of rotatable bonds is 2. The molecule has 1 rings (SSSR count). The van der Waals surface area contributed by atoms with E-state index in [9.17, 15) is 13.2 Å². The van der Waals surface area contributed by atoms with Gasteiger partial charge in [-0.3, -0.25) is 0 Å². The summed E-state index contributed by atoms with van der Waals surface area (Å²) in [5, 5.41) is 11.8. The van der Waals surface area contributed by atoms with E-state index >= 15 is 0 Å². The summed E-state index contributed by atoms with van der Waals surface area (Å²) in [6.07, 6.45) is -7.42. The highest BCUT2D eigenvalue weighted by Gasteiger charge is 2.42. The van der Waals surface area contributed by atoms with Crippen LogP contribution in [0.4, 0.5) is 13.2 Å². The number of hydrogen-bond acceptors (Lipinski definition) is 4. The lowest BCUT2D eigenvalue weighted by Gasteiger charge is -2.09. The average molecular weight is 197 g/mol.